The van der Waals surface area contributed by atoms with Gasteiger partial charge in [0, 0.05) is 57.8 Å². The Labute approximate surface area is 179 Å². The first-order chi connectivity index (χ1) is 12.5. The van der Waals surface area contributed by atoms with E-state index in [9.17, 15) is 4.39 Å². The lowest BCUT2D eigenvalue weighted by molar-refractivity contribution is 0.120. The van der Waals surface area contributed by atoms with Crippen molar-refractivity contribution in [2.45, 2.75) is 31.2 Å². The van der Waals surface area contributed by atoms with Crippen molar-refractivity contribution in [3.8, 4) is 0 Å². The molecule has 1 aliphatic heterocycles. The van der Waals surface area contributed by atoms with Crippen LogP contribution in [0.2, 0.25) is 0 Å². The lowest BCUT2D eigenvalue weighted by Gasteiger charge is -2.36. The van der Waals surface area contributed by atoms with E-state index >= 15 is 0 Å². The van der Waals surface area contributed by atoms with Crippen molar-refractivity contribution in [2.75, 3.05) is 53.4 Å². The van der Waals surface area contributed by atoms with Crippen LogP contribution in [0.5, 0.6) is 0 Å². The smallest absolute Gasteiger partial charge is 0.191 e. The summed E-state index contributed by atoms with van der Waals surface area (Å²) in [4.78, 5) is 9.25. The summed E-state index contributed by atoms with van der Waals surface area (Å²) in [5.41, 5.74) is 1.15. The van der Waals surface area contributed by atoms with Crippen LogP contribution < -0.4 is 10.6 Å². The molecule has 1 aliphatic carbocycles. The van der Waals surface area contributed by atoms with Crippen LogP contribution in [0.25, 0.3) is 0 Å². The summed E-state index contributed by atoms with van der Waals surface area (Å²) >= 11 is 0. The van der Waals surface area contributed by atoms with Crippen LogP contribution >= 0.6 is 24.0 Å². The summed E-state index contributed by atoms with van der Waals surface area (Å²) < 4.78 is 13.5. The SMILES string of the molecule is CN=C(NCC(C)N1CCN(C)CC1)NCC1(c2cccc(F)c2)CC1.I. The van der Waals surface area contributed by atoms with E-state index in [1.54, 1.807) is 19.2 Å². The lowest BCUT2D eigenvalue weighted by Crippen LogP contribution is -2.52. The molecular weight excluding hydrogens is 456 g/mol. The number of halogens is 2. The van der Waals surface area contributed by atoms with Crippen molar-refractivity contribution in [1.29, 1.82) is 0 Å². The van der Waals surface area contributed by atoms with E-state index in [0.717, 1.165) is 63.6 Å². The van der Waals surface area contributed by atoms with Gasteiger partial charge in [-0.15, -0.1) is 24.0 Å². The van der Waals surface area contributed by atoms with E-state index in [1.807, 2.05) is 6.07 Å². The summed E-state index contributed by atoms with van der Waals surface area (Å²) in [5.74, 6) is 0.672. The fourth-order valence-corrected chi connectivity index (χ4v) is 3.65. The van der Waals surface area contributed by atoms with Crippen molar-refractivity contribution in [3.63, 3.8) is 0 Å². The van der Waals surface area contributed by atoms with Gasteiger partial charge in [-0.3, -0.25) is 9.89 Å². The first-order valence-corrected chi connectivity index (χ1v) is 9.65. The van der Waals surface area contributed by atoms with E-state index in [4.69, 9.17) is 0 Å². The largest absolute Gasteiger partial charge is 0.356 e. The van der Waals surface area contributed by atoms with Gasteiger partial charge in [-0.1, -0.05) is 12.1 Å². The molecule has 1 aromatic carbocycles. The van der Waals surface area contributed by atoms with Gasteiger partial charge in [0.05, 0.1) is 0 Å². The first kappa shape index (κ1) is 22.4. The molecule has 1 unspecified atom stereocenters. The van der Waals surface area contributed by atoms with Gasteiger partial charge in [-0.2, -0.15) is 0 Å². The summed E-state index contributed by atoms with van der Waals surface area (Å²) in [7, 11) is 3.98. The van der Waals surface area contributed by atoms with Gasteiger partial charge >= 0.3 is 0 Å². The molecule has 2 aliphatic rings. The minimum absolute atomic E-state index is 0. The molecule has 152 valence electrons. The molecule has 1 atom stereocenters. The summed E-state index contributed by atoms with van der Waals surface area (Å²) in [6.45, 7) is 8.43. The van der Waals surface area contributed by atoms with Crippen molar-refractivity contribution in [1.82, 2.24) is 20.4 Å². The predicted molar refractivity (Wildman–Crippen MR) is 121 cm³/mol. The fourth-order valence-electron chi connectivity index (χ4n) is 3.65. The molecule has 0 aromatic heterocycles. The molecule has 2 fully saturated rings. The fraction of sp³-hybridized carbons (Fsp3) is 0.650. The van der Waals surface area contributed by atoms with Crippen molar-refractivity contribution in [2.24, 2.45) is 4.99 Å². The first-order valence-electron chi connectivity index (χ1n) is 9.65. The third-order valence-electron chi connectivity index (χ3n) is 5.83. The second kappa shape index (κ2) is 10.0. The maximum atomic E-state index is 13.5. The highest BCUT2D eigenvalue weighted by atomic mass is 127. The Morgan fingerprint density at radius 2 is 1.93 bits per heavy atom. The number of hydrogen-bond acceptors (Lipinski definition) is 3. The van der Waals surface area contributed by atoms with Gasteiger partial charge in [-0.25, -0.2) is 4.39 Å². The van der Waals surface area contributed by atoms with Crippen LogP contribution in [-0.4, -0.2) is 75.2 Å². The average Bonchev–Trinajstić information content (AvgIpc) is 3.43. The van der Waals surface area contributed by atoms with Crippen LogP contribution in [0, 0.1) is 5.82 Å². The summed E-state index contributed by atoms with van der Waals surface area (Å²) in [6.07, 6.45) is 2.19. The molecule has 5 nitrogen and oxygen atoms in total. The molecule has 1 heterocycles. The second-order valence-corrected chi connectivity index (χ2v) is 7.79. The van der Waals surface area contributed by atoms with E-state index in [0.29, 0.717) is 6.04 Å². The number of nitrogens with one attached hydrogen (secondary N) is 2. The van der Waals surface area contributed by atoms with E-state index in [-0.39, 0.29) is 35.2 Å². The lowest BCUT2D eigenvalue weighted by atomic mass is 9.96. The topological polar surface area (TPSA) is 42.9 Å². The molecule has 1 saturated carbocycles. The number of guanidine groups is 1. The molecular formula is C20H33FIN5. The second-order valence-electron chi connectivity index (χ2n) is 7.79. The van der Waals surface area contributed by atoms with Gasteiger partial charge in [0.15, 0.2) is 5.96 Å². The summed E-state index contributed by atoms with van der Waals surface area (Å²) in [5, 5.41) is 6.90. The minimum atomic E-state index is -0.155. The molecule has 2 N–H and O–H groups in total. The Balaban J connectivity index is 0.00000261. The van der Waals surface area contributed by atoms with Crippen LogP contribution in [0.3, 0.4) is 0 Å². The highest BCUT2D eigenvalue weighted by Gasteiger charge is 2.44. The molecule has 1 saturated heterocycles. The van der Waals surface area contributed by atoms with Gasteiger partial charge < -0.3 is 15.5 Å². The standard InChI is InChI=1S/C20H32FN5.HI/c1-16(26-11-9-25(3)10-12-26)14-23-19(22-2)24-15-20(7-8-20)17-5-4-6-18(21)13-17;/h4-6,13,16H,7-12,14-15H2,1-3H3,(H2,22,23,24);1H. The van der Waals surface area contributed by atoms with Crippen molar-refractivity contribution >= 4 is 29.9 Å². The Hall–Kier alpha value is -0.930. The number of rotatable bonds is 6. The quantitative estimate of drug-likeness (QED) is 0.366. The molecule has 7 heteroatoms. The monoisotopic (exact) mass is 489 g/mol. The predicted octanol–water partition coefficient (Wildman–Crippen LogP) is 2.28. The number of likely N-dealkylation sites (N-methyl/N-ethyl adjacent to an activating group) is 1. The van der Waals surface area contributed by atoms with Crippen LogP contribution in [0.4, 0.5) is 4.39 Å². The van der Waals surface area contributed by atoms with Crippen LogP contribution in [0.15, 0.2) is 29.3 Å². The molecule has 0 spiro atoms. The van der Waals surface area contributed by atoms with Crippen LogP contribution in [-0.2, 0) is 5.41 Å². The zero-order valence-electron chi connectivity index (χ0n) is 16.7. The van der Waals surface area contributed by atoms with Gasteiger partial charge in [-0.05, 0) is 44.5 Å². The molecule has 27 heavy (non-hydrogen) atoms. The third kappa shape index (κ3) is 6.02. The van der Waals surface area contributed by atoms with Gasteiger partial charge in [0.1, 0.15) is 5.82 Å². The zero-order valence-corrected chi connectivity index (χ0v) is 19.0. The highest BCUT2D eigenvalue weighted by Crippen LogP contribution is 2.47. The number of aliphatic imine (C=N–C) groups is 1. The Kier molecular flexibility index (Phi) is 8.30. The van der Waals surface area contributed by atoms with Crippen LogP contribution in [0.1, 0.15) is 25.3 Å². The molecule has 0 bridgehead atoms. The Morgan fingerprint density at radius 1 is 1.22 bits per heavy atom. The third-order valence-corrected chi connectivity index (χ3v) is 5.83. The minimum Gasteiger partial charge on any atom is -0.356 e. The highest BCUT2D eigenvalue weighted by molar-refractivity contribution is 14.0. The Bertz CT molecular complexity index is 627. The number of benzene rings is 1. The van der Waals surface area contributed by atoms with Crippen molar-refractivity contribution < 1.29 is 4.39 Å². The van der Waals surface area contributed by atoms with Gasteiger partial charge in [0.25, 0.3) is 0 Å². The maximum Gasteiger partial charge on any atom is 0.191 e. The van der Waals surface area contributed by atoms with Gasteiger partial charge in [0.2, 0.25) is 0 Å². The number of nitrogens with zero attached hydrogens (tertiary/aromatic N) is 3. The Morgan fingerprint density at radius 3 is 2.52 bits per heavy atom. The van der Waals surface area contributed by atoms with E-state index in [2.05, 4.69) is 39.4 Å². The maximum absolute atomic E-state index is 13.5. The normalized spacial score (nSPS) is 21.3. The summed E-state index contributed by atoms with van der Waals surface area (Å²) in [6, 6.07) is 7.48. The molecule has 1 aromatic rings. The molecule has 0 radical (unpaired) electrons. The molecule has 0 amide bonds. The average molecular weight is 489 g/mol. The number of piperazine rings is 1. The van der Waals surface area contributed by atoms with E-state index in [1.165, 1.54) is 6.07 Å². The zero-order chi connectivity index (χ0) is 18.6. The van der Waals surface area contributed by atoms with E-state index < -0.39 is 0 Å². The number of hydrogen-bond donors (Lipinski definition) is 2. The molecule has 3 rings (SSSR count). The van der Waals surface area contributed by atoms with Crippen molar-refractivity contribution in [3.05, 3.63) is 35.6 Å².